The van der Waals surface area contributed by atoms with Crippen LogP contribution in [-0.4, -0.2) is 30.2 Å². The third kappa shape index (κ3) is 2.76. The molecule has 2 heterocycles. The SMILES string of the molecule is C=Cc1nc(C)cc(-c2ccncc2OC)c1C(=O)OC. The predicted molar refractivity (Wildman–Crippen MR) is 80.2 cm³/mol. The van der Waals surface area contributed by atoms with Crippen LogP contribution in [0.15, 0.2) is 31.1 Å². The van der Waals surface area contributed by atoms with Gasteiger partial charge in [-0.05, 0) is 25.1 Å². The largest absolute Gasteiger partial charge is 0.494 e. The van der Waals surface area contributed by atoms with E-state index in [4.69, 9.17) is 9.47 Å². The molecule has 0 saturated carbocycles. The number of nitrogens with zero attached hydrogens (tertiary/aromatic N) is 2. The first-order chi connectivity index (χ1) is 10.1. The number of aryl methyl sites for hydroxylation is 1. The van der Waals surface area contributed by atoms with Crippen LogP contribution in [0.2, 0.25) is 0 Å². The van der Waals surface area contributed by atoms with Crippen LogP contribution in [0, 0.1) is 6.92 Å². The quantitative estimate of drug-likeness (QED) is 0.808. The molecule has 0 atom stereocenters. The first-order valence-corrected chi connectivity index (χ1v) is 6.33. The zero-order valence-corrected chi connectivity index (χ0v) is 12.2. The van der Waals surface area contributed by atoms with E-state index in [-0.39, 0.29) is 0 Å². The summed E-state index contributed by atoms with van der Waals surface area (Å²) in [6.07, 6.45) is 4.78. The first kappa shape index (κ1) is 14.7. The van der Waals surface area contributed by atoms with Gasteiger partial charge in [0.1, 0.15) is 5.75 Å². The third-order valence-electron chi connectivity index (χ3n) is 3.05. The second kappa shape index (κ2) is 6.17. The van der Waals surface area contributed by atoms with Crippen molar-refractivity contribution in [1.82, 2.24) is 9.97 Å². The van der Waals surface area contributed by atoms with Crippen molar-refractivity contribution in [3.05, 3.63) is 48.1 Å². The first-order valence-electron chi connectivity index (χ1n) is 6.33. The molecule has 5 nitrogen and oxygen atoms in total. The lowest BCUT2D eigenvalue weighted by atomic mass is 9.98. The minimum Gasteiger partial charge on any atom is -0.494 e. The van der Waals surface area contributed by atoms with Crippen molar-refractivity contribution >= 4 is 12.0 Å². The van der Waals surface area contributed by atoms with Gasteiger partial charge in [-0.2, -0.15) is 0 Å². The molecule has 2 aromatic heterocycles. The average molecular weight is 284 g/mol. The number of hydrogen-bond acceptors (Lipinski definition) is 5. The van der Waals surface area contributed by atoms with E-state index in [1.165, 1.54) is 13.2 Å². The van der Waals surface area contributed by atoms with Crippen molar-refractivity contribution in [1.29, 1.82) is 0 Å². The van der Waals surface area contributed by atoms with Crippen molar-refractivity contribution in [3.63, 3.8) is 0 Å². The molecule has 0 unspecified atom stereocenters. The van der Waals surface area contributed by atoms with E-state index in [0.29, 0.717) is 22.6 Å². The van der Waals surface area contributed by atoms with Crippen LogP contribution >= 0.6 is 0 Å². The predicted octanol–water partition coefficient (Wildman–Crippen LogP) is 2.89. The van der Waals surface area contributed by atoms with Crippen molar-refractivity contribution in [2.75, 3.05) is 14.2 Å². The zero-order chi connectivity index (χ0) is 15.4. The molecule has 0 amide bonds. The van der Waals surface area contributed by atoms with E-state index in [9.17, 15) is 4.79 Å². The maximum Gasteiger partial charge on any atom is 0.340 e. The molecular weight excluding hydrogens is 268 g/mol. The van der Waals surface area contributed by atoms with E-state index in [1.807, 2.05) is 13.0 Å². The second-order valence-corrected chi connectivity index (χ2v) is 4.34. The molecule has 0 aliphatic carbocycles. The van der Waals surface area contributed by atoms with Gasteiger partial charge in [-0.3, -0.25) is 9.97 Å². The fourth-order valence-electron chi connectivity index (χ4n) is 2.14. The zero-order valence-electron chi connectivity index (χ0n) is 12.2. The number of ether oxygens (including phenoxy) is 2. The van der Waals surface area contributed by atoms with Gasteiger partial charge in [-0.1, -0.05) is 6.58 Å². The lowest BCUT2D eigenvalue weighted by molar-refractivity contribution is 0.0601. The van der Waals surface area contributed by atoms with Crippen LogP contribution in [0.1, 0.15) is 21.7 Å². The summed E-state index contributed by atoms with van der Waals surface area (Å²) in [6.45, 7) is 5.57. The highest BCUT2D eigenvalue weighted by atomic mass is 16.5. The summed E-state index contributed by atoms with van der Waals surface area (Å²) in [5.41, 5.74) is 3.05. The van der Waals surface area contributed by atoms with Crippen LogP contribution in [0.5, 0.6) is 5.75 Å². The van der Waals surface area contributed by atoms with Crippen LogP contribution < -0.4 is 4.74 Å². The summed E-state index contributed by atoms with van der Waals surface area (Å²) in [6, 6.07) is 3.60. The van der Waals surface area contributed by atoms with E-state index in [0.717, 1.165) is 11.3 Å². The number of esters is 1. The Bertz CT molecular complexity index is 696. The summed E-state index contributed by atoms with van der Waals surface area (Å²) in [7, 11) is 2.89. The Balaban J connectivity index is 2.81. The van der Waals surface area contributed by atoms with Crippen LogP contribution in [0.4, 0.5) is 0 Å². The average Bonchev–Trinajstić information content (AvgIpc) is 2.53. The van der Waals surface area contributed by atoms with Gasteiger partial charge in [-0.25, -0.2) is 4.79 Å². The summed E-state index contributed by atoms with van der Waals surface area (Å²) in [4.78, 5) is 20.5. The molecule has 5 heteroatoms. The fourth-order valence-corrected chi connectivity index (χ4v) is 2.14. The molecule has 0 radical (unpaired) electrons. The van der Waals surface area contributed by atoms with Crippen molar-refractivity contribution < 1.29 is 14.3 Å². The number of rotatable bonds is 4. The maximum absolute atomic E-state index is 12.1. The van der Waals surface area contributed by atoms with E-state index in [2.05, 4.69) is 16.5 Å². The number of methoxy groups -OCH3 is 2. The minimum absolute atomic E-state index is 0.364. The molecule has 0 saturated heterocycles. The van der Waals surface area contributed by atoms with Gasteiger partial charge < -0.3 is 9.47 Å². The van der Waals surface area contributed by atoms with Gasteiger partial charge in [0.2, 0.25) is 0 Å². The Labute approximate surface area is 123 Å². The molecule has 0 aliphatic rings. The highest BCUT2D eigenvalue weighted by molar-refractivity contribution is 6.01. The Kier molecular flexibility index (Phi) is 4.33. The number of carbonyl (C=O) groups excluding carboxylic acids is 1. The minimum atomic E-state index is -0.466. The van der Waals surface area contributed by atoms with Gasteiger partial charge >= 0.3 is 5.97 Å². The lowest BCUT2D eigenvalue weighted by Crippen LogP contribution is -2.09. The van der Waals surface area contributed by atoms with Crippen molar-refractivity contribution in [2.45, 2.75) is 6.92 Å². The Morgan fingerprint density at radius 1 is 1.33 bits per heavy atom. The molecule has 0 fully saturated rings. The number of pyridine rings is 2. The highest BCUT2D eigenvalue weighted by Crippen LogP contribution is 2.33. The maximum atomic E-state index is 12.1. The highest BCUT2D eigenvalue weighted by Gasteiger charge is 2.21. The van der Waals surface area contributed by atoms with E-state index >= 15 is 0 Å². The molecule has 108 valence electrons. The van der Waals surface area contributed by atoms with Crippen LogP contribution in [0.3, 0.4) is 0 Å². The molecular formula is C16H16N2O3. The standard InChI is InChI=1S/C16H16N2O3/c1-5-13-15(16(19)21-4)12(8-10(2)18-13)11-6-7-17-9-14(11)20-3/h5-9H,1H2,2-4H3. The normalized spacial score (nSPS) is 10.0. The molecule has 0 aliphatic heterocycles. The molecule has 2 aromatic rings. The van der Waals surface area contributed by atoms with Crippen molar-refractivity contribution in [2.24, 2.45) is 0 Å². The number of aromatic nitrogens is 2. The van der Waals surface area contributed by atoms with Crippen molar-refractivity contribution in [3.8, 4) is 16.9 Å². The topological polar surface area (TPSA) is 61.3 Å². The molecule has 0 bridgehead atoms. The number of carbonyl (C=O) groups is 1. The Morgan fingerprint density at radius 2 is 2.10 bits per heavy atom. The lowest BCUT2D eigenvalue weighted by Gasteiger charge is -2.14. The number of hydrogen-bond donors (Lipinski definition) is 0. The second-order valence-electron chi connectivity index (χ2n) is 4.34. The van der Waals surface area contributed by atoms with Gasteiger partial charge in [0, 0.05) is 23.0 Å². The Morgan fingerprint density at radius 3 is 2.71 bits per heavy atom. The monoisotopic (exact) mass is 284 g/mol. The third-order valence-corrected chi connectivity index (χ3v) is 3.05. The van der Waals surface area contributed by atoms with Crippen LogP contribution in [-0.2, 0) is 4.74 Å². The molecule has 0 spiro atoms. The molecule has 0 N–H and O–H groups in total. The Hall–Kier alpha value is -2.69. The van der Waals surface area contributed by atoms with E-state index < -0.39 is 5.97 Å². The van der Waals surface area contributed by atoms with Crippen LogP contribution in [0.25, 0.3) is 17.2 Å². The summed E-state index contributed by atoms with van der Waals surface area (Å²) in [5.74, 6) is 0.106. The summed E-state index contributed by atoms with van der Waals surface area (Å²) in [5, 5.41) is 0. The van der Waals surface area contributed by atoms with E-state index in [1.54, 1.807) is 25.6 Å². The summed E-state index contributed by atoms with van der Waals surface area (Å²) < 4.78 is 10.2. The molecule has 21 heavy (non-hydrogen) atoms. The molecule has 0 aromatic carbocycles. The molecule has 2 rings (SSSR count). The van der Waals surface area contributed by atoms with Gasteiger partial charge in [-0.15, -0.1) is 0 Å². The van der Waals surface area contributed by atoms with Gasteiger partial charge in [0.05, 0.1) is 31.7 Å². The van der Waals surface area contributed by atoms with Gasteiger partial charge in [0.15, 0.2) is 0 Å². The van der Waals surface area contributed by atoms with Gasteiger partial charge in [0.25, 0.3) is 0 Å². The smallest absolute Gasteiger partial charge is 0.340 e. The summed E-state index contributed by atoms with van der Waals surface area (Å²) >= 11 is 0. The fraction of sp³-hybridized carbons (Fsp3) is 0.188.